The first-order valence-corrected chi connectivity index (χ1v) is 5.69. The number of anilines is 1. The van der Waals surface area contributed by atoms with E-state index in [9.17, 15) is 17.6 Å². The lowest BCUT2D eigenvalue weighted by Gasteiger charge is -2.19. The van der Waals surface area contributed by atoms with Gasteiger partial charge in [-0.1, -0.05) is 0 Å². The zero-order valence-corrected chi connectivity index (χ0v) is 9.58. The lowest BCUT2D eigenvalue weighted by molar-refractivity contribution is -0.253. The molecule has 0 atom stereocenters. The molecular formula is C12H13F4NO. The summed E-state index contributed by atoms with van der Waals surface area (Å²) in [6.07, 6.45) is -6.09. The fraction of sp³-hybridized carbons (Fsp3) is 0.500. The lowest BCUT2D eigenvalue weighted by atomic mass is 10.3. The molecule has 0 radical (unpaired) electrons. The first kappa shape index (κ1) is 13.0. The summed E-state index contributed by atoms with van der Waals surface area (Å²) in [7, 11) is 0. The van der Waals surface area contributed by atoms with Crippen molar-refractivity contribution in [3.05, 3.63) is 24.3 Å². The minimum Gasteiger partial charge on any atom is -0.428 e. The second kappa shape index (κ2) is 5.04. The van der Waals surface area contributed by atoms with Crippen LogP contribution in [0.5, 0.6) is 5.75 Å². The molecule has 2 rings (SSSR count). The van der Waals surface area contributed by atoms with Crippen LogP contribution in [0, 0.1) is 0 Å². The fourth-order valence-electron chi connectivity index (χ4n) is 1.90. The van der Waals surface area contributed by atoms with Crippen LogP contribution in [0.2, 0.25) is 0 Å². The number of hydrogen-bond donors (Lipinski definition) is 0. The van der Waals surface area contributed by atoms with Gasteiger partial charge in [-0.25, -0.2) is 0 Å². The van der Waals surface area contributed by atoms with Crippen molar-refractivity contribution >= 4 is 5.69 Å². The van der Waals surface area contributed by atoms with E-state index in [1.165, 1.54) is 12.1 Å². The zero-order chi connectivity index (χ0) is 13.2. The second-order valence-electron chi connectivity index (χ2n) is 4.15. The van der Waals surface area contributed by atoms with Crippen molar-refractivity contribution < 1.29 is 22.3 Å². The Balaban J connectivity index is 2.03. The van der Waals surface area contributed by atoms with Gasteiger partial charge in [-0.2, -0.15) is 17.6 Å². The van der Waals surface area contributed by atoms with Crippen LogP contribution >= 0.6 is 0 Å². The van der Waals surface area contributed by atoms with Crippen molar-refractivity contribution in [2.24, 2.45) is 0 Å². The summed E-state index contributed by atoms with van der Waals surface area (Å²) in [6.45, 7) is 1.85. The van der Waals surface area contributed by atoms with Gasteiger partial charge in [-0.15, -0.1) is 0 Å². The van der Waals surface area contributed by atoms with Gasteiger partial charge in [0.2, 0.25) is 0 Å². The third-order valence-corrected chi connectivity index (χ3v) is 2.82. The molecule has 1 aliphatic rings. The Labute approximate surface area is 102 Å². The minimum atomic E-state index is -4.45. The van der Waals surface area contributed by atoms with Gasteiger partial charge in [-0.05, 0) is 37.1 Å². The average molecular weight is 263 g/mol. The second-order valence-corrected chi connectivity index (χ2v) is 4.15. The Kier molecular flexibility index (Phi) is 3.63. The van der Waals surface area contributed by atoms with Gasteiger partial charge in [0, 0.05) is 18.8 Å². The van der Waals surface area contributed by atoms with Gasteiger partial charge in [0.05, 0.1) is 0 Å². The van der Waals surface area contributed by atoms with E-state index in [0.717, 1.165) is 31.6 Å². The van der Waals surface area contributed by atoms with E-state index in [-0.39, 0.29) is 5.75 Å². The maximum atomic E-state index is 12.7. The number of hydrogen-bond acceptors (Lipinski definition) is 2. The number of benzene rings is 1. The molecule has 1 aromatic carbocycles. The molecule has 100 valence electrons. The maximum Gasteiger partial charge on any atom is 0.461 e. The SMILES string of the molecule is FC(F)C(F)(F)Oc1ccc(N2CCCC2)cc1. The van der Waals surface area contributed by atoms with E-state index in [4.69, 9.17) is 0 Å². The highest BCUT2D eigenvalue weighted by Gasteiger charge is 2.43. The molecule has 6 heteroatoms. The van der Waals surface area contributed by atoms with E-state index in [1.807, 2.05) is 0 Å². The van der Waals surface area contributed by atoms with Crippen LogP contribution in [0.25, 0.3) is 0 Å². The molecule has 1 heterocycles. The third kappa shape index (κ3) is 2.86. The molecule has 0 bridgehead atoms. The van der Waals surface area contributed by atoms with Crippen molar-refractivity contribution in [1.29, 1.82) is 0 Å². The summed E-state index contributed by atoms with van der Waals surface area (Å²) in [5, 5.41) is 0. The molecule has 0 aromatic heterocycles. The molecule has 1 aromatic rings. The van der Waals surface area contributed by atoms with E-state index >= 15 is 0 Å². The standard InChI is InChI=1S/C12H13F4NO/c13-11(14)12(15,16)18-10-5-3-9(4-6-10)17-7-1-2-8-17/h3-6,11H,1-2,7-8H2. The average Bonchev–Trinajstić information content (AvgIpc) is 2.83. The molecule has 1 aliphatic heterocycles. The van der Waals surface area contributed by atoms with Crippen molar-refractivity contribution in [3.8, 4) is 5.75 Å². The molecule has 1 saturated heterocycles. The number of nitrogens with zero attached hydrogens (tertiary/aromatic N) is 1. The Morgan fingerprint density at radius 2 is 1.61 bits per heavy atom. The predicted molar refractivity (Wildman–Crippen MR) is 59.5 cm³/mol. The van der Waals surface area contributed by atoms with Crippen LogP contribution in [0.3, 0.4) is 0 Å². The van der Waals surface area contributed by atoms with Gasteiger partial charge >= 0.3 is 12.5 Å². The van der Waals surface area contributed by atoms with Crippen LogP contribution in [-0.2, 0) is 0 Å². The molecule has 0 spiro atoms. The fourth-order valence-corrected chi connectivity index (χ4v) is 1.90. The highest BCUT2D eigenvalue weighted by molar-refractivity contribution is 5.49. The Morgan fingerprint density at radius 3 is 2.11 bits per heavy atom. The first-order valence-electron chi connectivity index (χ1n) is 5.69. The molecule has 0 amide bonds. The summed E-state index contributed by atoms with van der Waals surface area (Å²) in [6, 6.07) is 5.76. The number of rotatable bonds is 4. The number of ether oxygens (including phenoxy) is 1. The first-order chi connectivity index (χ1) is 8.49. The van der Waals surface area contributed by atoms with Crippen molar-refractivity contribution in [1.82, 2.24) is 0 Å². The molecule has 0 aliphatic carbocycles. The molecule has 0 N–H and O–H groups in total. The van der Waals surface area contributed by atoms with Gasteiger partial charge in [0.15, 0.2) is 0 Å². The smallest absolute Gasteiger partial charge is 0.428 e. The van der Waals surface area contributed by atoms with Crippen LogP contribution in [0.1, 0.15) is 12.8 Å². The van der Waals surface area contributed by atoms with E-state index in [1.54, 1.807) is 12.1 Å². The molecule has 0 saturated carbocycles. The van der Waals surface area contributed by atoms with Crippen LogP contribution in [0.15, 0.2) is 24.3 Å². The highest BCUT2D eigenvalue weighted by Crippen LogP contribution is 2.29. The molecule has 1 fully saturated rings. The molecular weight excluding hydrogens is 250 g/mol. The number of alkyl halides is 4. The zero-order valence-electron chi connectivity index (χ0n) is 9.58. The van der Waals surface area contributed by atoms with Gasteiger partial charge < -0.3 is 9.64 Å². The number of halogens is 4. The monoisotopic (exact) mass is 263 g/mol. The topological polar surface area (TPSA) is 12.5 Å². The minimum absolute atomic E-state index is 0.261. The highest BCUT2D eigenvalue weighted by atomic mass is 19.3. The van der Waals surface area contributed by atoms with E-state index in [2.05, 4.69) is 9.64 Å². The van der Waals surface area contributed by atoms with Crippen LogP contribution in [-0.4, -0.2) is 25.6 Å². The molecule has 18 heavy (non-hydrogen) atoms. The summed E-state index contributed by atoms with van der Waals surface area (Å²) < 4.78 is 53.2. The Bertz CT molecular complexity index is 388. The summed E-state index contributed by atoms with van der Waals surface area (Å²) >= 11 is 0. The molecule has 0 unspecified atom stereocenters. The van der Waals surface area contributed by atoms with E-state index in [0.29, 0.717) is 0 Å². The van der Waals surface area contributed by atoms with Gasteiger partial charge in [0.1, 0.15) is 5.75 Å². The van der Waals surface area contributed by atoms with Crippen molar-refractivity contribution in [2.45, 2.75) is 25.4 Å². The Hall–Kier alpha value is -1.46. The molecule has 2 nitrogen and oxygen atoms in total. The summed E-state index contributed by atoms with van der Waals surface area (Å²) in [4.78, 5) is 2.11. The van der Waals surface area contributed by atoms with Crippen LogP contribution < -0.4 is 9.64 Å². The van der Waals surface area contributed by atoms with Crippen molar-refractivity contribution in [2.75, 3.05) is 18.0 Å². The Morgan fingerprint density at radius 1 is 1.06 bits per heavy atom. The van der Waals surface area contributed by atoms with Gasteiger partial charge in [0.25, 0.3) is 0 Å². The predicted octanol–water partition coefficient (Wildman–Crippen LogP) is 3.52. The van der Waals surface area contributed by atoms with E-state index < -0.39 is 12.5 Å². The quantitative estimate of drug-likeness (QED) is 0.770. The lowest BCUT2D eigenvalue weighted by Crippen LogP contribution is -2.33. The normalized spacial score (nSPS) is 16.4. The van der Waals surface area contributed by atoms with Gasteiger partial charge in [-0.3, -0.25) is 0 Å². The van der Waals surface area contributed by atoms with Crippen LogP contribution in [0.4, 0.5) is 23.2 Å². The largest absolute Gasteiger partial charge is 0.461 e. The summed E-state index contributed by atoms with van der Waals surface area (Å²) in [5.41, 5.74) is 0.889. The van der Waals surface area contributed by atoms with Crippen molar-refractivity contribution in [3.63, 3.8) is 0 Å². The summed E-state index contributed by atoms with van der Waals surface area (Å²) in [5.74, 6) is -0.261. The maximum absolute atomic E-state index is 12.7. The third-order valence-electron chi connectivity index (χ3n) is 2.82.